The Hall–Kier alpha value is -2.86. The molecule has 0 fully saturated rings. The van der Waals surface area contributed by atoms with E-state index in [1.54, 1.807) is 42.5 Å². The van der Waals surface area contributed by atoms with Crippen molar-refractivity contribution < 1.29 is 14.4 Å². The Morgan fingerprint density at radius 2 is 1.69 bits per heavy atom. The second kappa shape index (κ2) is 8.49. The zero-order valence-corrected chi connectivity index (χ0v) is 15.6. The van der Waals surface area contributed by atoms with E-state index in [1.807, 2.05) is 6.92 Å². The summed E-state index contributed by atoms with van der Waals surface area (Å²) in [6, 6.07) is 11.9. The summed E-state index contributed by atoms with van der Waals surface area (Å²) in [6.07, 6.45) is 0. The van der Waals surface area contributed by atoms with Gasteiger partial charge in [-0.15, -0.1) is 0 Å². The van der Waals surface area contributed by atoms with Crippen molar-refractivity contribution in [2.75, 3.05) is 22.1 Å². The zero-order valence-electron chi connectivity index (χ0n) is 14.8. The first-order valence-corrected chi connectivity index (χ1v) is 8.36. The first-order valence-electron chi connectivity index (χ1n) is 7.98. The topological polar surface area (TPSA) is 78.5 Å². The van der Waals surface area contributed by atoms with Crippen LogP contribution in [-0.4, -0.2) is 24.3 Å². The predicted octanol–water partition coefficient (Wildman–Crippen LogP) is 3.60. The van der Waals surface area contributed by atoms with Crippen LogP contribution in [0, 0.1) is 6.92 Å². The summed E-state index contributed by atoms with van der Waals surface area (Å²) in [5.74, 6) is -0.863. The van der Waals surface area contributed by atoms with Gasteiger partial charge >= 0.3 is 0 Å². The van der Waals surface area contributed by atoms with Crippen LogP contribution >= 0.6 is 11.6 Å². The van der Waals surface area contributed by atoms with Crippen molar-refractivity contribution in [1.29, 1.82) is 0 Å². The van der Waals surface area contributed by atoms with E-state index in [-0.39, 0.29) is 24.3 Å². The molecule has 2 aromatic rings. The molecule has 0 heterocycles. The lowest BCUT2D eigenvalue weighted by Crippen LogP contribution is -2.36. The number of nitrogens with one attached hydrogen (secondary N) is 2. The summed E-state index contributed by atoms with van der Waals surface area (Å²) in [7, 11) is 0. The summed E-state index contributed by atoms with van der Waals surface area (Å²) in [5.41, 5.74) is 2.53. The van der Waals surface area contributed by atoms with Crippen LogP contribution in [0.1, 0.15) is 19.4 Å². The van der Waals surface area contributed by atoms with E-state index in [1.165, 1.54) is 18.7 Å². The van der Waals surface area contributed by atoms with Gasteiger partial charge in [0.2, 0.25) is 17.7 Å². The van der Waals surface area contributed by atoms with E-state index >= 15 is 0 Å². The van der Waals surface area contributed by atoms with Gasteiger partial charge in [-0.3, -0.25) is 14.4 Å². The number of benzene rings is 2. The number of halogens is 1. The highest BCUT2D eigenvalue weighted by Crippen LogP contribution is 2.22. The maximum absolute atomic E-state index is 12.3. The van der Waals surface area contributed by atoms with Gasteiger partial charge in [0.15, 0.2) is 0 Å². The van der Waals surface area contributed by atoms with Crippen LogP contribution in [0.15, 0.2) is 42.5 Å². The number of hydrogen-bond donors (Lipinski definition) is 2. The molecular weight excluding hydrogens is 354 g/mol. The molecule has 0 radical (unpaired) electrons. The molecule has 26 heavy (non-hydrogen) atoms. The molecule has 7 heteroatoms. The largest absolute Gasteiger partial charge is 0.326 e. The van der Waals surface area contributed by atoms with Gasteiger partial charge < -0.3 is 15.5 Å². The van der Waals surface area contributed by atoms with Crippen molar-refractivity contribution >= 4 is 46.4 Å². The lowest BCUT2D eigenvalue weighted by Gasteiger charge is -2.21. The van der Waals surface area contributed by atoms with Gasteiger partial charge in [-0.05, 0) is 42.8 Å². The minimum absolute atomic E-state index is 0.162. The van der Waals surface area contributed by atoms with Gasteiger partial charge in [-0.1, -0.05) is 23.7 Å². The molecule has 0 aliphatic carbocycles. The average Bonchev–Trinajstić information content (AvgIpc) is 2.55. The number of amides is 3. The van der Waals surface area contributed by atoms with Crippen molar-refractivity contribution in [2.24, 2.45) is 0 Å². The standard InChI is InChI=1S/C19H20ClN3O3/c1-12-7-8-16(10-18(12)20)22-19(26)11-23(14(3)25)17-6-4-5-15(9-17)21-13(2)24/h4-10H,11H2,1-3H3,(H,21,24)(H,22,26). The van der Waals surface area contributed by atoms with Crippen molar-refractivity contribution in [3.8, 4) is 0 Å². The SMILES string of the molecule is CC(=O)Nc1cccc(N(CC(=O)Nc2ccc(C)c(Cl)c2)C(C)=O)c1. The number of hydrogen-bond acceptors (Lipinski definition) is 3. The molecule has 0 aliphatic rings. The van der Waals surface area contributed by atoms with Crippen LogP contribution in [0.4, 0.5) is 17.1 Å². The van der Waals surface area contributed by atoms with E-state index in [2.05, 4.69) is 10.6 Å². The molecule has 0 atom stereocenters. The van der Waals surface area contributed by atoms with Gasteiger partial charge in [-0.25, -0.2) is 0 Å². The molecule has 136 valence electrons. The van der Waals surface area contributed by atoms with E-state index in [0.29, 0.717) is 22.1 Å². The van der Waals surface area contributed by atoms with Crippen molar-refractivity contribution in [1.82, 2.24) is 0 Å². The van der Waals surface area contributed by atoms with Gasteiger partial charge in [-0.2, -0.15) is 0 Å². The Balaban J connectivity index is 2.14. The number of carbonyl (C=O) groups is 3. The summed E-state index contributed by atoms with van der Waals surface area (Å²) in [4.78, 5) is 36.9. The summed E-state index contributed by atoms with van der Waals surface area (Å²) < 4.78 is 0. The molecule has 0 aliphatic heterocycles. The van der Waals surface area contributed by atoms with Gasteiger partial charge in [0, 0.05) is 35.9 Å². The fourth-order valence-corrected chi connectivity index (χ4v) is 2.53. The second-order valence-electron chi connectivity index (χ2n) is 5.85. The number of aryl methyl sites for hydroxylation is 1. The quantitative estimate of drug-likeness (QED) is 0.840. The highest BCUT2D eigenvalue weighted by Gasteiger charge is 2.16. The molecule has 3 amide bonds. The molecular formula is C19H20ClN3O3. The minimum Gasteiger partial charge on any atom is -0.326 e. The third-order valence-corrected chi connectivity index (χ3v) is 4.02. The highest BCUT2D eigenvalue weighted by molar-refractivity contribution is 6.31. The van der Waals surface area contributed by atoms with E-state index < -0.39 is 0 Å². The Bertz CT molecular complexity index is 852. The van der Waals surface area contributed by atoms with Crippen molar-refractivity contribution in [3.63, 3.8) is 0 Å². The third-order valence-electron chi connectivity index (χ3n) is 3.62. The highest BCUT2D eigenvalue weighted by atomic mass is 35.5. The van der Waals surface area contributed by atoms with Crippen LogP contribution in [0.5, 0.6) is 0 Å². The first-order chi connectivity index (χ1) is 12.3. The minimum atomic E-state index is -0.356. The van der Waals surface area contributed by atoms with Crippen molar-refractivity contribution in [3.05, 3.63) is 53.1 Å². The molecule has 0 spiro atoms. The maximum atomic E-state index is 12.3. The zero-order chi connectivity index (χ0) is 19.3. The van der Waals surface area contributed by atoms with Gasteiger partial charge in [0.25, 0.3) is 0 Å². The van der Waals surface area contributed by atoms with Crippen LogP contribution in [0.25, 0.3) is 0 Å². The Labute approximate surface area is 157 Å². The van der Waals surface area contributed by atoms with Crippen LogP contribution in [0.3, 0.4) is 0 Å². The number of nitrogens with zero attached hydrogens (tertiary/aromatic N) is 1. The molecule has 0 unspecified atom stereocenters. The Morgan fingerprint density at radius 3 is 2.31 bits per heavy atom. The third kappa shape index (κ3) is 5.32. The molecule has 2 N–H and O–H groups in total. The van der Waals surface area contributed by atoms with E-state index in [4.69, 9.17) is 11.6 Å². The fourth-order valence-electron chi connectivity index (χ4n) is 2.35. The van der Waals surface area contributed by atoms with Crippen molar-refractivity contribution in [2.45, 2.75) is 20.8 Å². The predicted molar refractivity (Wildman–Crippen MR) is 104 cm³/mol. The Morgan fingerprint density at radius 1 is 1.00 bits per heavy atom. The molecule has 0 saturated heterocycles. The molecule has 0 bridgehead atoms. The maximum Gasteiger partial charge on any atom is 0.244 e. The van der Waals surface area contributed by atoms with Crippen LogP contribution < -0.4 is 15.5 Å². The summed E-state index contributed by atoms with van der Waals surface area (Å²) >= 11 is 6.06. The number of rotatable bonds is 5. The van der Waals surface area contributed by atoms with Crippen LogP contribution in [-0.2, 0) is 14.4 Å². The fraction of sp³-hybridized carbons (Fsp3) is 0.211. The monoisotopic (exact) mass is 373 g/mol. The summed E-state index contributed by atoms with van der Waals surface area (Å²) in [6.45, 7) is 4.48. The molecule has 2 rings (SSSR count). The van der Waals surface area contributed by atoms with E-state index in [0.717, 1.165) is 5.56 Å². The first kappa shape index (κ1) is 19.5. The van der Waals surface area contributed by atoms with Gasteiger partial charge in [0.1, 0.15) is 6.54 Å². The molecule has 6 nitrogen and oxygen atoms in total. The average molecular weight is 374 g/mol. The number of anilines is 3. The lowest BCUT2D eigenvalue weighted by atomic mass is 10.2. The normalized spacial score (nSPS) is 10.2. The summed E-state index contributed by atoms with van der Waals surface area (Å²) in [5, 5.41) is 5.93. The molecule has 0 saturated carbocycles. The number of carbonyl (C=O) groups excluding carboxylic acids is 3. The Kier molecular flexibility index (Phi) is 6.36. The smallest absolute Gasteiger partial charge is 0.244 e. The van der Waals surface area contributed by atoms with Crippen LogP contribution in [0.2, 0.25) is 5.02 Å². The lowest BCUT2D eigenvalue weighted by molar-refractivity contribution is -0.120. The second-order valence-corrected chi connectivity index (χ2v) is 6.26. The van der Waals surface area contributed by atoms with Gasteiger partial charge in [0.05, 0.1) is 0 Å². The molecule has 2 aromatic carbocycles. The van der Waals surface area contributed by atoms with E-state index in [9.17, 15) is 14.4 Å². The molecule has 0 aromatic heterocycles.